The molecule has 1 aliphatic heterocycles. The van der Waals surface area contributed by atoms with Gasteiger partial charge >= 0.3 is 0 Å². The molecule has 0 bridgehead atoms. The van der Waals surface area contributed by atoms with Crippen LogP contribution in [0.25, 0.3) is 0 Å². The van der Waals surface area contributed by atoms with Crippen molar-refractivity contribution in [3.8, 4) is 0 Å². The van der Waals surface area contributed by atoms with Crippen molar-refractivity contribution in [2.24, 2.45) is 5.73 Å². The zero-order chi connectivity index (χ0) is 13.1. The van der Waals surface area contributed by atoms with Crippen molar-refractivity contribution in [2.75, 3.05) is 13.1 Å². The first-order chi connectivity index (χ1) is 8.58. The van der Waals surface area contributed by atoms with E-state index in [1.807, 2.05) is 13.0 Å². The van der Waals surface area contributed by atoms with Gasteiger partial charge in [0, 0.05) is 30.8 Å². The summed E-state index contributed by atoms with van der Waals surface area (Å²) in [5, 5.41) is 10.9. The maximum Gasteiger partial charge on any atom is 0.272 e. The van der Waals surface area contributed by atoms with E-state index in [4.69, 9.17) is 5.73 Å². The average Bonchev–Trinajstić information content (AvgIpc) is 2.31. The number of nitrogens with two attached hydrogens (primary N) is 1. The Bertz CT molecular complexity index is 454. The summed E-state index contributed by atoms with van der Waals surface area (Å²) >= 11 is 0. The van der Waals surface area contributed by atoms with Crippen LogP contribution in [0.3, 0.4) is 0 Å². The number of nitrogens with zero attached hydrogens (tertiary/aromatic N) is 2. The van der Waals surface area contributed by atoms with E-state index in [9.17, 15) is 10.1 Å². The fourth-order valence-electron chi connectivity index (χ4n) is 2.51. The van der Waals surface area contributed by atoms with Crippen LogP contribution in [0, 0.1) is 17.0 Å². The van der Waals surface area contributed by atoms with Crippen molar-refractivity contribution in [3.63, 3.8) is 0 Å². The van der Waals surface area contributed by atoms with Crippen LogP contribution in [0.15, 0.2) is 18.2 Å². The summed E-state index contributed by atoms with van der Waals surface area (Å²) in [6.07, 6.45) is 2.18. The summed E-state index contributed by atoms with van der Waals surface area (Å²) in [6.45, 7) is 4.47. The van der Waals surface area contributed by atoms with Gasteiger partial charge in [-0.1, -0.05) is 12.1 Å². The standard InChI is InChI=1S/C13H19N3O2.ClH/c1-10-11(4-2-6-13(10)16(17)18)8-15-7-3-5-12(14)9-15;/h2,4,6,12H,3,5,7-9,14H2,1H3;1H/t12-;/m1./s1. The number of likely N-dealkylation sites (tertiary alicyclic amines) is 1. The summed E-state index contributed by atoms with van der Waals surface area (Å²) in [5.74, 6) is 0. The minimum atomic E-state index is -0.319. The van der Waals surface area contributed by atoms with Crippen LogP contribution in [-0.2, 0) is 6.54 Å². The van der Waals surface area contributed by atoms with Gasteiger partial charge in [0.15, 0.2) is 0 Å². The second-order valence-electron chi connectivity index (χ2n) is 4.96. The molecule has 0 radical (unpaired) electrons. The van der Waals surface area contributed by atoms with Gasteiger partial charge in [0.25, 0.3) is 5.69 Å². The summed E-state index contributed by atoms with van der Waals surface area (Å²) in [7, 11) is 0. The fraction of sp³-hybridized carbons (Fsp3) is 0.538. The Morgan fingerprint density at radius 2 is 2.26 bits per heavy atom. The van der Waals surface area contributed by atoms with Gasteiger partial charge in [0.05, 0.1) is 4.92 Å². The number of hydrogen-bond donors (Lipinski definition) is 1. The number of halogens is 1. The van der Waals surface area contributed by atoms with Crippen molar-refractivity contribution >= 4 is 18.1 Å². The number of rotatable bonds is 3. The van der Waals surface area contributed by atoms with E-state index in [0.29, 0.717) is 0 Å². The molecule has 1 saturated heterocycles. The van der Waals surface area contributed by atoms with E-state index in [0.717, 1.165) is 43.6 Å². The number of benzene rings is 1. The Labute approximate surface area is 119 Å². The maximum absolute atomic E-state index is 10.9. The Morgan fingerprint density at radius 1 is 1.53 bits per heavy atom. The lowest BCUT2D eigenvalue weighted by atomic mass is 10.0. The molecule has 5 nitrogen and oxygen atoms in total. The minimum Gasteiger partial charge on any atom is -0.327 e. The number of piperidine rings is 1. The molecule has 6 heteroatoms. The quantitative estimate of drug-likeness (QED) is 0.683. The van der Waals surface area contributed by atoms with Crippen molar-refractivity contribution in [3.05, 3.63) is 39.4 Å². The van der Waals surface area contributed by atoms with E-state index in [2.05, 4.69) is 4.90 Å². The SMILES string of the molecule is Cc1c(CN2CCC[C@@H](N)C2)cccc1[N+](=O)[O-].Cl. The molecule has 1 aliphatic rings. The van der Waals surface area contributed by atoms with Gasteiger partial charge in [-0.3, -0.25) is 15.0 Å². The van der Waals surface area contributed by atoms with Crippen LogP contribution in [0.1, 0.15) is 24.0 Å². The molecular weight excluding hydrogens is 266 g/mol. The first-order valence-electron chi connectivity index (χ1n) is 6.28. The van der Waals surface area contributed by atoms with Crippen LogP contribution in [-0.4, -0.2) is 29.0 Å². The van der Waals surface area contributed by atoms with Gasteiger partial charge < -0.3 is 5.73 Å². The van der Waals surface area contributed by atoms with E-state index < -0.39 is 0 Å². The zero-order valence-electron chi connectivity index (χ0n) is 11.0. The monoisotopic (exact) mass is 285 g/mol. The molecule has 2 rings (SSSR count). The summed E-state index contributed by atoms with van der Waals surface area (Å²) in [4.78, 5) is 12.8. The number of nitro benzene ring substituents is 1. The molecule has 0 unspecified atom stereocenters. The molecular formula is C13H20ClN3O2. The molecule has 0 aromatic heterocycles. The van der Waals surface area contributed by atoms with Gasteiger partial charge in [0.1, 0.15) is 0 Å². The highest BCUT2D eigenvalue weighted by Crippen LogP contribution is 2.23. The maximum atomic E-state index is 10.9. The normalized spacial score (nSPS) is 19.8. The summed E-state index contributed by atoms with van der Waals surface area (Å²) in [5.41, 5.74) is 7.94. The largest absolute Gasteiger partial charge is 0.327 e. The topological polar surface area (TPSA) is 72.4 Å². The Balaban J connectivity index is 0.00000180. The van der Waals surface area contributed by atoms with Crippen LogP contribution >= 0.6 is 12.4 Å². The number of nitro groups is 1. The highest BCUT2D eigenvalue weighted by atomic mass is 35.5. The van der Waals surface area contributed by atoms with Crippen LogP contribution < -0.4 is 5.73 Å². The van der Waals surface area contributed by atoms with E-state index in [1.165, 1.54) is 0 Å². The number of hydrogen-bond acceptors (Lipinski definition) is 4. The van der Waals surface area contributed by atoms with Crippen molar-refractivity contribution < 1.29 is 4.92 Å². The highest BCUT2D eigenvalue weighted by Gasteiger charge is 2.19. The fourth-order valence-corrected chi connectivity index (χ4v) is 2.51. The molecule has 0 amide bonds. The van der Waals surface area contributed by atoms with E-state index in [1.54, 1.807) is 12.1 Å². The Kier molecular flexibility index (Phi) is 5.72. The van der Waals surface area contributed by atoms with Gasteiger partial charge in [-0.05, 0) is 31.9 Å². The minimum absolute atomic E-state index is 0. The highest BCUT2D eigenvalue weighted by molar-refractivity contribution is 5.85. The third-order valence-electron chi connectivity index (χ3n) is 3.55. The molecule has 0 saturated carbocycles. The van der Waals surface area contributed by atoms with Crippen molar-refractivity contribution in [1.82, 2.24) is 4.90 Å². The summed E-state index contributed by atoms with van der Waals surface area (Å²) < 4.78 is 0. The molecule has 0 aliphatic carbocycles. The van der Waals surface area contributed by atoms with Crippen LogP contribution in [0.5, 0.6) is 0 Å². The zero-order valence-corrected chi connectivity index (χ0v) is 11.9. The smallest absolute Gasteiger partial charge is 0.272 e. The lowest BCUT2D eigenvalue weighted by Crippen LogP contribution is -2.42. The molecule has 1 heterocycles. The first-order valence-corrected chi connectivity index (χ1v) is 6.28. The molecule has 1 fully saturated rings. The second kappa shape index (κ2) is 6.84. The van der Waals surface area contributed by atoms with E-state index in [-0.39, 0.29) is 29.1 Å². The second-order valence-corrected chi connectivity index (χ2v) is 4.96. The van der Waals surface area contributed by atoms with Crippen molar-refractivity contribution in [1.29, 1.82) is 0 Å². The van der Waals surface area contributed by atoms with Gasteiger partial charge in [-0.25, -0.2) is 0 Å². The predicted molar refractivity (Wildman–Crippen MR) is 77.6 cm³/mol. The molecule has 1 aromatic carbocycles. The Hall–Kier alpha value is -1.17. The third kappa shape index (κ3) is 3.89. The van der Waals surface area contributed by atoms with Gasteiger partial charge in [-0.2, -0.15) is 0 Å². The van der Waals surface area contributed by atoms with E-state index >= 15 is 0 Å². The molecule has 2 N–H and O–H groups in total. The third-order valence-corrected chi connectivity index (χ3v) is 3.55. The first kappa shape index (κ1) is 15.9. The summed E-state index contributed by atoms with van der Waals surface area (Å²) in [6, 6.07) is 5.51. The average molecular weight is 286 g/mol. The molecule has 0 spiro atoms. The Morgan fingerprint density at radius 3 is 2.89 bits per heavy atom. The molecule has 1 aromatic rings. The lowest BCUT2D eigenvalue weighted by Gasteiger charge is -2.30. The van der Waals surface area contributed by atoms with Crippen molar-refractivity contribution in [2.45, 2.75) is 32.4 Å². The van der Waals surface area contributed by atoms with Gasteiger partial charge in [0.2, 0.25) is 0 Å². The lowest BCUT2D eigenvalue weighted by molar-refractivity contribution is -0.385. The van der Waals surface area contributed by atoms with Crippen LogP contribution in [0.2, 0.25) is 0 Å². The molecule has 19 heavy (non-hydrogen) atoms. The van der Waals surface area contributed by atoms with Gasteiger partial charge in [-0.15, -0.1) is 12.4 Å². The molecule has 1 atom stereocenters. The van der Waals surface area contributed by atoms with Crippen LogP contribution in [0.4, 0.5) is 5.69 Å². The molecule has 106 valence electrons. The predicted octanol–water partition coefficient (Wildman–Crippen LogP) is 2.25.